The molecule has 23 heavy (non-hydrogen) atoms. The predicted molar refractivity (Wildman–Crippen MR) is 86.6 cm³/mol. The molecule has 0 unspecified atom stereocenters. The minimum Gasteiger partial charge on any atom is -0.465 e. The van der Waals surface area contributed by atoms with Crippen LogP contribution in [0.3, 0.4) is 0 Å². The first kappa shape index (κ1) is 19.1. The number of allylic oxidation sites excluding steroid dienone is 2. The average molecular weight is 322 g/mol. The summed E-state index contributed by atoms with van der Waals surface area (Å²) in [7, 11) is 0. The number of hydrogen-bond acceptors (Lipinski definition) is 5. The van der Waals surface area contributed by atoms with Gasteiger partial charge in [-0.2, -0.15) is 0 Å². The zero-order valence-electron chi connectivity index (χ0n) is 14.2. The summed E-state index contributed by atoms with van der Waals surface area (Å²) in [6, 6.07) is 0. The Balaban J connectivity index is 3.31. The lowest BCUT2D eigenvalue weighted by Gasteiger charge is -2.36. The number of esters is 2. The van der Waals surface area contributed by atoms with E-state index >= 15 is 0 Å². The van der Waals surface area contributed by atoms with Gasteiger partial charge in [0.25, 0.3) is 0 Å². The molecule has 0 aromatic heterocycles. The Bertz CT molecular complexity index is 476. The minimum absolute atomic E-state index is 0.159. The maximum atomic E-state index is 12.7. The smallest absolute Gasteiger partial charge is 0.327 e. The summed E-state index contributed by atoms with van der Waals surface area (Å²) in [5.74, 6) is -1.38. The van der Waals surface area contributed by atoms with E-state index in [0.29, 0.717) is 25.7 Å². The van der Waals surface area contributed by atoms with Crippen LogP contribution in [0.15, 0.2) is 24.3 Å². The monoisotopic (exact) mass is 322 g/mol. The molecule has 0 spiro atoms. The molecule has 0 aromatic rings. The summed E-state index contributed by atoms with van der Waals surface area (Å²) in [6.45, 7) is 9.30. The van der Waals surface area contributed by atoms with Gasteiger partial charge in [-0.05, 0) is 39.5 Å². The zero-order chi connectivity index (χ0) is 17.5. The second-order valence-corrected chi connectivity index (χ2v) is 5.80. The highest BCUT2D eigenvalue weighted by Crippen LogP contribution is 2.41. The van der Waals surface area contributed by atoms with Gasteiger partial charge < -0.3 is 9.47 Å². The summed E-state index contributed by atoms with van der Waals surface area (Å²) < 4.78 is 10.4. The van der Waals surface area contributed by atoms with Crippen molar-refractivity contribution in [3.05, 3.63) is 24.3 Å². The van der Waals surface area contributed by atoms with Crippen molar-refractivity contribution in [1.29, 1.82) is 0 Å². The fourth-order valence-electron chi connectivity index (χ4n) is 2.86. The summed E-state index contributed by atoms with van der Waals surface area (Å²) in [5.41, 5.74) is -0.791. The number of carbonyl (C=O) groups is 3. The Kier molecular flexibility index (Phi) is 7.20. The van der Waals surface area contributed by atoms with Crippen LogP contribution in [-0.2, 0) is 23.9 Å². The van der Waals surface area contributed by atoms with E-state index in [2.05, 4.69) is 6.58 Å². The van der Waals surface area contributed by atoms with Crippen molar-refractivity contribution in [1.82, 2.24) is 0 Å². The van der Waals surface area contributed by atoms with Gasteiger partial charge in [-0.3, -0.25) is 14.4 Å². The van der Waals surface area contributed by atoms with E-state index in [-0.39, 0.29) is 24.9 Å². The van der Waals surface area contributed by atoms with Crippen molar-refractivity contribution in [2.75, 3.05) is 13.2 Å². The Morgan fingerprint density at radius 3 is 2.04 bits per heavy atom. The van der Waals surface area contributed by atoms with E-state index in [9.17, 15) is 14.4 Å². The Morgan fingerprint density at radius 1 is 1.17 bits per heavy atom. The van der Waals surface area contributed by atoms with Crippen LogP contribution in [0.5, 0.6) is 0 Å². The normalized spacial score (nSPS) is 16.4. The van der Waals surface area contributed by atoms with Crippen LogP contribution in [0.4, 0.5) is 0 Å². The second-order valence-electron chi connectivity index (χ2n) is 5.80. The lowest BCUT2D eigenvalue weighted by Crippen LogP contribution is -2.47. The fourth-order valence-corrected chi connectivity index (χ4v) is 2.86. The van der Waals surface area contributed by atoms with Crippen LogP contribution < -0.4 is 0 Å². The molecule has 1 aliphatic carbocycles. The van der Waals surface area contributed by atoms with Gasteiger partial charge >= 0.3 is 11.9 Å². The Hall–Kier alpha value is -1.91. The van der Waals surface area contributed by atoms with Crippen molar-refractivity contribution < 1.29 is 23.9 Å². The first-order valence-corrected chi connectivity index (χ1v) is 8.09. The van der Waals surface area contributed by atoms with Crippen molar-refractivity contribution in [3.63, 3.8) is 0 Å². The summed E-state index contributed by atoms with van der Waals surface area (Å²) in [5, 5.41) is 0. The van der Waals surface area contributed by atoms with Gasteiger partial charge in [-0.1, -0.05) is 24.3 Å². The van der Waals surface area contributed by atoms with Gasteiger partial charge in [-0.25, -0.2) is 0 Å². The summed E-state index contributed by atoms with van der Waals surface area (Å²) >= 11 is 0. The fraction of sp³-hybridized carbons (Fsp3) is 0.611. The van der Waals surface area contributed by atoms with Crippen LogP contribution in [0.25, 0.3) is 0 Å². The maximum Gasteiger partial charge on any atom is 0.327 e. The topological polar surface area (TPSA) is 69.7 Å². The lowest BCUT2D eigenvalue weighted by atomic mass is 9.68. The van der Waals surface area contributed by atoms with Crippen molar-refractivity contribution >= 4 is 17.7 Å². The molecule has 0 aromatic carbocycles. The quantitative estimate of drug-likeness (QED) is 0.409. The molecular formula is C18H26O5. The number of ether oxygens (including phenoxy) is 2. The summed E-state index contributed by atoms with van der Waals surface area (Å²) in [6.07, 6.45) is 4.86. The van der Waals surface area contributed by atoms with Gasteiger partial charge in [0.15, 0.2) is 5.41 Å². The largest absolute Gasteiger partial charge is 0.465 e. The molecule has 0 N–H and O–H groups in total. The van der Waals surface area contributed by atoms with Crippen LogP contribution >= 0.6 is 0 Å². The van der Waals surface area contributed by atoms with E-state index in [4.69, 9.17) is 9.47 Å². The molecule has 128 valence electrons. The standard InChI is InChI=1S/C18H26O5/c1-5-22-16(20)18(12-11-13(3)4,17(21)23-6-2)14-7-9-15(19)10-8-14/h11-12,14H,3,5-10H2,1-2,4H3/b12-11+. The second kappa shape index (κ2) is 8.65. The van der Waals surface area contributed by atoms with E-state index in [0.717, 1.165) is 5.57 Å². The molecule has 0 saturated heterocycles. The van der Waals surface area contributed by atoms with E-state index < -0.39 is 17.4 Å². The SMILES string of the molecule is C=C(C)/C=C/C(C(=O)OCC)(C(=O)OCC)C1CCC(=O)CC1. The highest BCUT2D eigenvalue weighted by molar-refractivity contribution is 6.03. The average Bonchev–Trinajstić information content (AvgIpc) is 2.50. The molecule has 1 saturated carbocycles. The number of rotatable bonds is 7. The third-order valence-electron chi connectivity index (χ3n) is 4.04. The van der Waals surface area contributed by atoms with Gasteiger partial charge in [0.1, 0.15) is 5.78 Å². The Morgan fingerprint density at radius 2 is 1.65 bits per heavy atom. The molecule has 1 rings (SSSR count). The highest BCUT2D eigenvalue weighted by atomic mass is 16.6. The van der Waals surface area contributed by atoms with E-state index in [1.165, 1.54) is 0 Å². The molecular weight excluding hydrogens is 296 g/mol. The van der Waals surface area contributed by atoms with Crippen molar-refractivity contribution in [3.8, 4) is 0 Å². The van der Waals surface area contributed by atoms with Crippen LogP contribution in [0.2, 0.25) is 0 Å². The maximum absolute atomic E-state index is 12.7. The molecule has 0 radical (unpaired) electrons. The number of ketones is 1. The molecule has 1 fully saturated rings. The highest BCUT2D eigenvalue weighted by Gasteiger charge is 2.53. The minimum atomic E-state index is -1.51. The number of hydrogen-bond donors (Lipinski definition) is 0. The third-order valence-corrected chi connectivity index (χ3v) is 4.04. The summed E-state index contributed by atoms with van der Waals surface area (Å²) in [4.78, 5) is 36.9. The van der Waals surface area contributed by atoms with Gasteiger partial charge in [0.2, 0.25) is 0 Å². The van der Waals surface area contributed by atoms with Crippen LogP contribution in [0.1, 0.15) is 46.5 Å². The molecule has 0 aliphatic heterocycles. The number of carbonyl (C=O) groups excluding carboxylic acids is 3. The molecule has 0 bridgehead atoms. The zero-order valence-corrected chi connectivity index (χ0v) is 14.2. The molecule has 0 amide bonds. The van der Waals surface area contributed by atoms with E-state index in [1.807, 2.05) is 0 Å². The van der Waals surface area contributed by atoms with Crippen LogP contribution in [0, 0.1) is 11.3 Å². The molecule has 0 atom stereocenters. The van der Waals surface area contributed by atoms with Crippen molar-refractivity contribution in [2.45, 2.75) is 46.5 Å². The Labute approximate surface area is 137 Å². The predicted octanol–water partition coefficient (Wildman–Crippen LogP) is 2.99. The van der Waals surface area contributed by atoms with Gasteiger partial charge in [0, 0.05) is 12.8 Å². The molecule has 0 heterocycles. The van der Waals surface area contributed by atoms with Crippen LogP contribution in [-0.4, -0.2) is 30.9 Å². The third kappa shape index (κ3) is 4.53. The lowest BCUT2D eigenvalue weighted by molar-refractivity contribution is -0.173. The number of Topliss-reactive ketones (excluding diaryl/α,β-unsaturated/α-hetero) is 1. The van der Waals surface area contributed by atoms with Gasteiger partial charge in [0.05, 0.1) is 13.2 Å². The van der Waals surface area contributed by atoms with E-state index in [1.54, 1.807) is 32.9 Å². The first-order valence-electron chi connectivity index (χ1n) is 8.09. The molecule has 5 heteroatoms. The first-order chi connectivity index (χ1) is 10.9. The molecule has 1 aliphatic rings. The van der Waals surface area contributed by atoms with Crippen molar-refractivity contribution in [2.24, 2.45) is 11.3 Å². The molecule has 5 nitrogen and oxygen atoms in total. The van der Waals surface area contributed by atoms with Gasteiger partial charge in [-0.15, -0.1) is 0 Å².